The molecule has 21 heavy (non-hydrogen) atoms. The molecule has 120 valence electrons. The van der Waals surface area contributed by atoms with E-state index >= 15 is 0 Å². The third kappa shape index (κ3) is 4.86. The third-order valence-corrected chi connectivity index (χ3v) is 3.43. The van der Waals surface area contributed by atoms with E-state index in [1.807, 2.05) is 20.8 Å². The highest BCUT2D eigenvalue weighted by Crippen LogP contribution is 2.24. The molecule has 0 saturated heterocycles. The van der Waals surface area contributed by atoms with E-state index in [1.54, 1.807) is 25.3 Å². The fourth-order valence-electron chi connectivity index (χ4n) is 2.25. The highest BCUT2D eigenvalue weighted by Gasteiger charge is 2.19. The summed E-state index contributed by atoms with van der Waals surface area (Å²) >= 11 is 0. The van der Waals surface area contributed by atoms with Gasteiger partial charge in [0.25, 0.3) is 0 Å². The Morgan fingerprint density at radius 2 is 2.10 bits per heavy atom. The highest BCUT2D eigenvalue weighted by molar-refractivity contribution is 5.85. The van der Waals surface area contributed by atoms with Crippen LogP contribution in [0.5, 0.6) is 5.75 Å². The van der Waals surface area contributed by atoms with Crippen molar-refractivity contribution in [2.24, 2.45) is 5.73 Å². The monoisotopic (exact) mass is 315 g/mol. The van der Waals surface area contributed by atoms with Gasteiger partial charge in [0.15, 0.2) is 0 Å². The van der Waals surface area contributed by atoms with Gasteiger partial charge >= 0.3 is 0 Å². The van der Waals surface area contributed by atoms with Crippen LogP contribution < -0.4 is 10.5 Å². The zero-order valence-electron chi connectivity index (χ0n) is 13.5. The Hall–Kier alpha value is -1.33. The van der Waals surface area contributed by atoms with Gasteiger partial charge in [0.2, 0.25) is 5.91 Å². The lowest BCUT2D eigenvalue weighted by molar-refractivity contribution is -0.132. The molecule has 0 aromatic carbocycles. The van der Waals surface area contributed by atoms with Crippen molar-refractivity contribution < 1.29 is 9.53 Å². The van der Waals surface area contributed by atoms with Crippen LogP contribution in [-0.4, -0.2) is 36.0 Å². The molecule has 2 N–H and O–H groups in total. The number of amides is 1. The average Bonchev–Trinajstić information content (AvgIpc) is 2.42. The minimum atomic E-state index is -0.433. The van der Waals surface area contributed by atoms with E-state index < -0.39 is 6.04 Å². The number of likely N-dealkylation sites (N-methyl/N-ethyl adjacent to an activating group) is 1. The van der Waals surface area contributed by atoms with Crippen LogP contribution >= 0.6 is 12.4 Å². The zero-order chi connectivity index (χ0) is 15.3. The lowest BCUT2D eigenvalue weighted by atomic mass is 10.1. The molecule has 5 nitrogen and oxygen atoms in total. The standard InChI is InChI=1S/C15H25N3O2.ClH/c1-6-7-12(16)15(19)18(4)9-13-11(3)14(20-5)10(2)8-17-13;/h8,12H,6-7,9,16H2,1-5H3;1H. The summed E-state index contributed by atoms with van der Waals surface area (Å²) in [5.74, 6) is 0.779. The van der Waals surface area contributed by atoms with Crippen molar-refractivity contribution in [3.8, 4) is 5.75 Å². The van der Waals surface area contributed by atoms with Crippen molar-refractivity contribution in [3.63, 3.8) is 0 Å². The van der Waals surface area contributed by atoms with Crippen molar-refractivity contribution in [1.29, 1.82) is 0 Å². The summed E-state index contributed by atoms with van der Waals surface area (Å²) in [4.78, 5) is 18.1. The minimum absolute atomic E-state index is 0. The van der Waals surface area contributed by atoms with Crippen LogP contribution in [0.2, 0.25) is 0 Å². The van der Waals surface area contributed by atoms with Crippen molar-refractivity contribution in [2.75, 3.05) is 14.2 Å². The van der Waals surface area contributed by atoms with Gasteiger partial charge in [0.1, 0.15) is 5.75 Å². The molecule has 1 rings (SSSR count). The number of aromatic nitrogens is 1. The molecule has 0 fully saturated rings. The molecule has 1 atom stereocenters. The fourth-order valence-corrected chi connectivity index (χ4v) is 2.25. The Morgan fingerprint density at radius 3 is 2.62 bits per heavy atom. The molecule has 0 aliphatic rings. The fraction of sp³-hybridized carbons (Fsp3) is 0.600. The first kappa shape index (κ1) is 19.7. The van der Waals surface area contributed by atoms with Crippen LogP contribution in [0, 0.1) is 13.8 Å². The van der Waals surface area contributed by atoms with Crippen LogP contribution in [0.1, 0.15) is 36.6 Å². The van der Waals surface area contributed by atoms with E-state index in [0.717, 1.165) is 29.0 Å². The maximum absolute atomic E-state index is 12.1. The van der Waals surface area contributed by atoms with Gasteiger partial charge in [-0.2, -0.15) is 0 Å². The minimum Gasteiger partial charge on any atom is -0.496 e. The van der Waals surface area contributed by atoms with E-state index in [2.05, 4.69) is 4.98 Å². The van der Waals surface area contributed by atoms with Gasteiger partial charge in [-0.05, 0) is 20.3 Å². The molecule has 1 heterocycles. The van der Waals surface area contributed by atoms with Gasteiger partial charge in [-0.15, -0.1) is 12.4 Å². The van der Waals surface area contributed by atoms with Gasteiger partial charge in [0.05, 0.1) is 25.4 Å². The van der Waals surface area contributed by atoms with Gasteiger partial charge in [-0.25, -0.2) is 0 Å². The summed E-state index contributed by atoms with van der Waals surface area (Å²) in [6, 6.07) is -0.433. The summed E-state index contributed by atoms with van der Waals surface area (Å²) in [6.45, 7) is 6.37. The SMILES string of the molecule is CCCC(N)C(=O)N(C)Cc1ncc(C)c(OC)c1C.Cl. The van der Waals surface area contributed by atoms with Gasteiger partial charge < -0.3 is 15.4 Å². The second kappa shape index (κ2) is 8.85. The first-order valence-corrected chi connectivity index (χ1v) is 6.91. The number of carbonyl (C=O) groups is 1. The highest BCUT2D eigenvalue weighted by atomic mass is 35.5. The second-order valence-corrected chi connectivity index (χ2v) is 5.14. The van der Waals surface area contributed by atoms with Crippen LogP contribution in [0.4, 0.5) is 0 Å². The quantitative estimate of drug-likeness (QED) is 0.874. The van der Waals surface area contributed by atoms with Crippen molar-refractivity contribution in [1.82, 2.24) is 9.88 Å². The number of aryl methyl sites for hydroxylation is 1. The number of nitrogens with zero attached hydrogens (tertiary/aromatic N) is 2. The lowest BCUT2D eigenvalue weighted by Gasteiger charge is -2.22. The normalized spacial score (nSPS) is 11.5. The zero-order valence-corrected chi connectivity index (χ0v) is 14.3. The molecular weight excluding hydrogens is 290 g/mol. The Morgan fingerprint density at radius 1 is 1.48 bits per heavy atom. The number of methoxy groups -OCH3 is 1. The lowest BCUT2D eigenvalue weighted by Crippen LogP contribution is -2.41. The number of halogens is 1. The van der Waals surface area contributed by atoms with Crippen molar-refractivity contribution in [3.05, 3.63) is 23.0 Å². The van der Waals surface area contributed by atoms with Gasteiger partial charge in [0, 0.05) is 24.4 Å². The molecule has 1 aromatic heterocycles. The molecule has 1 aromatic rings. The molecule has 1 unspecified atom stereocenters. The number of pyridine rings is 1. The Kier molecular flexibility index (Phi) is 8.29. The summed E-state index contributed by atoms with van der Waals surface area (Å²) in [7, 11) is 3.40. The topological polar surface area (TPSA) is 68.5 Å². The maximum Gasteiger partial charge on any atom is 0.239 e. The van der Waals surface area contributed by atoms with Crippen LogP contribution in [0.3, 0.4) is 0 Å². The molecule has 0 aliphatic heterocycles. The van der Waals surface area contributed by atoms with Crippen LogP contribution in [0.15, 0.2) is 6.20 Å². The smallest absolute Gasteiger partial charge is 0.239 e. The van der Waals surface area contributed by atoms with Crippen molar-refractivity contribution in [2.45, 2.75) is 46.2 Å². The van der Waals surface area contributed by atoms with E-state index in [0.29, 0.717) is 13.0 Å². The predicted molar refractivity (Wildman–Crippen MR) is 86.9 cm³/mol. The third-order valence-electron chi connectivity index (χ3n) is 3.43. The first-order chi connectivity index (χ1) is 9.42. The molecule has 0 radical (unpaired) electrons. The molecule has 0 aliphatic carbocycles. The number of hydrogen-bond donors (Lipinski definition) is 1. The Bertz CT molecular complexity index is 480. The average molecular weight is 316 g/mol. The van der Waals surface area contributed by atoms with Crippen LogP contribution in [0.25, 0.3) is 0 Å². The second-order valence-electron chi connectivity index (χ2n) is 5.14. The number of hydrogen-bond acceptors (Lipinski definition) is 4. The van der Waals surface area contributed by atoms with Gasteiger partial charge in [-0.1, -0.05) is 13.3 Å². The molecule has 0 saturated carbocycles. The number of rotatable bonds is 6. The molecule has 0 spiro atoms. The van der Waals surface area contributed by atoms with E-state index in [1.165, 1.54) is 0 Å². The van der Waals surface area contributed by atoms with Crippen molar-refractivity contribution >= 4 is 18.3 Å². The Balaban J connectivity index is 0.00000400. The predicted octanol–water partition coefficient (Wildman–Crippen LogP) is 2.21. The summed E-state index contributed by atoms with van der Waals surface area (Å²) in [6.07, 6.45) is 3.37. The maximum atomic E-state index is 12.1. The largest absolute Gasteiger partial charge is 0.496 e. The summed E-state index contributed by atoms with van der Waals surface area (Å²) in [5, 5.41) is 0. The first-order valence-electron chi connectivity index (χ1n) is 6.91. The van der Waals surface area contributed by atoms with E-state index in [-0.39, 0.29) is 18.3 Å². The summed E-state index contributed by atoms with van der Waals surface area (Å²) in [5.41, 5.74) is 8.66. The molecule has 1 amide bonds. The molecule has 0 bridgehead atoms. The molecular formula is C15H26ClN3O2. The number of nitrogens with two attached hydrogens (primary N) is 1. The van der Waals surface area contributed by atoms with E-state index in [4.69, 9.17) is 10.5 Å². The molecule has 6 heteroatoms. The van der Waals surface area contributed by atoms with Crippen LogP contribution in [-0.2, 0) is 11.3 Å². The van der Waals surface area contributed by atoms with E-state index in [9.17, 15) is 4.79 Å². The number of ether oxygens (including phenoxy) is 1. The summed E-state index contributed by atoms with van der Waals surface area (Å²) < 4.78 is 5.38. The Labute approximate surface area is 133 Å². The van der Waals surface area contributed by atoms with Gasteiger partial charge in [-0.3, -0.25) is 9.78 Å². The number of carbonyl (C=O) groups excluding carboxylic acids is 1.